The Morgan fingerprint density at radius 3 is 1.41 bits per heavy atom. The summed E-state index contributed by atoms with van der Waals surface area (Å²) in [5.74, 6) is 0. The van der Waals surface area contributed by atoms with Gasteiger partial charge in [-0.05, 0) is 101 Å². The molecule has 0 bridgehead atoms. The molecule has 1 nitrogen and oxygen atoms in total. The topological polar surface area (TPSA) is 13.1 Å². The van der Waals surface area contributed by atoms with E-state index in [9.17, 15) is 0 Å². The van der Waals surface area contributed by atoms with Crippen LogP contribution in [0.5, 0.6) is 0 Å². The predicted molar refractivity (Wildman–Crippen MR) is 218 cm³/mol. The lowest BCUT2D eigenvalue weighted by Crippen LogP contribution is -1.91. The van der Waals surface area contributed by atoms with Crippen molar-refractivity contribution < 1.29 is 4.42 Å². The van der Waals surface area contributed by atoms with Crippen LogP contribution in [0.25, 0.3) is 109 Å². The Bertz CT molecular complexity index is 3130. The SMILES string of the molecule is c1ccc(-c2c3ccccc3c(-c3ccc4cc(-c5cc6c7ccc8ccccc8c7oc6c6ccccc56)ccc4c3)c3ccccc23)cc1. The molecule has 1 heterocycles. The van der Waals surface area contributed by atoms with E-state index in [1.54, 1.807) is 0 Å². The normalized spacial score (nSPS) is 11.9. The van der Waals surface area contributed by atoms with Crippen molar-refractivity contribution in [2.24, 2.45) is 0 Å². The molecule has 0 aliphatic heterocycles. The molecule has 0 aliphatic carbocycles. The fraction of sp³-hybridized carbons (Fsp3) is 0. The summed E-state index contributed by atoms with van der Waals surface area (Å²) in [6.45, 7) is 0. The average Bonchev–Trinajstić information content (AvgIpc) is 3.59. The second-order valence-corrected chi connectivity index (χ2v) is 13.6. The van der Waals surface area contributed by atoms with Crippen molar-refractivity contribution in [3.8, 4) is 33.4 Å². The highest BCUT2D eigenvalue weighted by Gasteiger charge is 2.18. The highest BCUT2D eigenvalue weighted by Crippen LogP contribution is 2.45. The van der Waals surface area contributed by atoms with Crippen molar-refractivity contribution in [1.29, 1.82) is 0 Å². The Morgan fingerprint density at radius 2 is 0.725 bits per heavy atom. The van der Waals surface area contributed by atoms with Gasteiger partial charge in [-0.3, -0.25) is 0 Å². The second-order valence-electron chi connectivity index (χ2n) is 13.6. The number of hydrogen-bond donors (Lipinski definition) is 0. The van der Waals surface area contributed by atoms with E-state index in [4.69, 9.17) is 4.42 Å². The lowest BCUT2D eigenvalue weighted by molar-refractivity contribution is 0.676. The van der Waals surface area contributed by atoms with E-state index in [0.29, 0.717) is 0 Å². The van der Waals surface area contributed by atoms with Crippen LogP contribution in [-0.4, -0.2) is 0 Å². The summed E-state index contributed by atoms with van der Waals surface area (Å²) in [4.78, 5) is 0. The molecule has 236 valence electrons. The van der Waals surface area contributed by atoms with Crippen molar-refractivity contribution in [2.45, 2.75) is 0 Å². The zero-order valence-electron chi connectivity index (χ0n) is 27.7. The van der Waals surface area contributed by atoms with Gasteiger partial charge in [0.15, 0.2) is 0 Å². The Balaban J connectivity index is 1.11. The fourth-order valence-corrected chi connectivity index (χ4v) is 8.49. The Labute approximate surface area is 294 Å². The standard InChI is InChI=1S/C50H30O/c1-2-13-32(14-3-1)47-39-17-7-9-19-41(39)48(42-20-10-8-18-40(42)47)36-25-23-33-28-35(24-22-34(33)29-36)45-30-46-44-27-26-31-12-4-5-15-37(31)49(44)51-50(46)43-21-11-6-16-38(43)45/h1-30H. The molecule has 1 aromatic heterocycles. The number of hydrogen-bond acceptors (Lipinski definition) is 1. The van der Waals surface area contributed by atoms with Gasteiger partial charge < -0.3 is 4.42 Å². The molecular formula is C50H30O. The zero-order chi connectivity index (χ0) is 33.5. The van der Waals surface area contributed by atoms with Gasteiger partial charge in [-0.25, -0.2) is 0 Å². The van der Waals surface area contributed by atoms with Gasteiger partial charge in [-0.1, -0.05) is 158 Å². The van der Waals surface area contributed by atoms with E-state index in [1.165, 1.54) is 76.5 Å². The van der Waals surface area contributed by atoms with Crippen LogP contribution in [0.4, 0.5) is 0 Å². The van der Waals surface area contributed by atoms with Crippen LogP contribution in [0, 0.1) is 0 Å². The van der Waals surface area contributed by atoms with Gasteiger partial charge in [0.1, 0.15) is 11.2 Å². The summed E-state index contributed by atoms with van der Waals surface area (Å²) in [5.41, 5.74) is 9.36. The molecule has 0 aliphatic rings. The fourth-order valence-electron chi connectivity index (χ4n) is 8.49. The molecule has 0 N–H and O–H groups in total. The highest BCUT2D eigenvalue weighted by molar-refractivity contribution is 6.24. The van der Waals surface area contributed by atoms with Crippen LogP contribution in [-0.2, 0) is 0 Å². The third-order valence-corrected chi connectivity index (χ3v) is 10.8. The van der Waals surface area contributed by atoms with E-state index in [-0.39, 0.29) is 0 Å². The first kappa shape index (κ1) is 28.2. The highest BCUT2D eigenvalue weighted by atomic mass is 16.3. The molecule has 0 atom stereocenters. The first-order valence-electron chi connectivity index (χ1n) is 17.6. The largest absolute Gasteiger partial charge is 0.455 e. The van der Waals surface area contributed by atoms with Crippen LogP contribution < -0.4 is 0 Å². The van der Waals surface area contributed by atoms with Gasteiger partial charge >= 0.3 is 0 Å². The summed E-state index contributed by atoms with van der Waals surface area (Å²) < 4.78 is 6.69. The van der Waals surface area contributed by atoms with Crippen molar-refractivity contribution in [3.05, 3.63) is 182 Å². The maximum absolute atomic E-state index is 6.69. The average molecular weight is 647 g/mol. The summed E-state index contributed by atoms with van der Waals surface area (Å²) in [5, 5.41) is 14.5. The van der Waals surface area contributed by atoms with Crippen LogP contribution in [0.2, 0.25) is 0 Å². The summed E-state index contributed by atoms with van der Waals surface area (Å²) in [6.07, 6.45) is 0. The summed E-state index contributed by atoms with van der Waals surface area (Å²) in [6, 6.07) is 66.3. The molecule has 10 aromatic carbocycles. The third kappa shape index (κ3) is 4.22. The van der Waals surface area contributed by atoms with Gasteiger partial charge in [0.2, 0.25) is 0 Å². The van der Waals surface area contributed by atoms with Crippen LogP contribution in [0.15, 0.2) is 186 Å². The first-order chi connectivity index (χ1) is 25.3. The Hall–Kier alpha value is -6.70. The monoisotopic (exact) mass is 646 g/mol. The number of fused-ring (bicyclic) bond motifs is 10. The van der Waals surface area contributed by atoms with E-state index in [0.717, 1.165) is 32.7 Å². The Morgan fingerprint density at radius 1 is 0.255 bits per heavy atom. The second kappa shape index (κ2) is 10.9. The van der Waals surface area contributed by atoms with Gasteiger partial charge in [0.25, 0.3) is 0 Å². The predicted octanol–water partition coefficient (Wildman–Crippen LogP) is 14.4. The first-order valence-corrected chi connectivity index (χ1v) is 17.6. The molecular weight excluding hydrogens is 617 g/mol. The van der Waals surface area contributed by atoms with E-state index < -0.39 is 0 Å². The molecule has 0 radical (unpaired) electrons. The van der Waals surface area contributed by atoms with Crippen molar-refractivity contribution >= 4 is 75.8 Å². The minimum atomic E-state index is 0.948. The quantitative estimate of drug-likeness (QED) is 0.174. The maximum atomic E-state index is 6.69. The van der Waals surface area contributed by atoms with Crippen molar-refractivity contribution in [3.63, 3.8) is 0 Å². The molecule has 51 heavy (non-hydrogen) atoms. The third-order valence-electron chi connectivity index (χ3n) is 10.8. The molecule has 0 spiro atoms. The van der Waals surface area contributed by atoms with Gasteiger partial charge in [-0.2, -0.15) is 0 Å². The van der Waals surface area contributed by atoms with Gasteiger partial charge in [0, 0.05) is 21.5 Å². The lowest BCUT2D eigenvalue weighted by atomic mass is 9.85. The summed E-state index contributed by atoms with van der Waals surface area (Å²) in [7, 11) is 0. The van der Waals surface area contributed by atoms with Gasteiger partial charge in [-0.15, -0.1) is 0 Å². The Kier molecular flexibility index (Phi) is 6.02. The maximum Gasteiger partial charge on any atom is 0.143 e. The van der Waals surface area contributed by atoms with Crippen LogP contribution in [0.1, 0.15) is 0 Å². The molecule has 11 rings (SSSR count). The van der Waals surface area contributed by atoms with E-state index >= 15 is 0 Å². The molecule has 0 saturated carbocycles. The van der Waals surface area contributed by atoms with Crippen LogP contribution >= 0.6 is 0 Å². The summed E-state index contributed by atoms with van der Waals surface area (Å²) >= 11 is 0. The van der Waals surface area contributed by atoms with Crippen molar-refractivity contribution in [1.82, 2.24) is 0 Å². The smallest absolute Gasteiger partial charge is 0.143 e. The van der Waals surface area contributed by atoms with Crippen molar-refractivity contribution in [2.75, 3.05) is 0 Å². The minimum absolute atomic E-state index is 0.948. The van der Waals surface area contributed by atoms with E-state index in [1.807, 2.05) is 0 Å². The molecule has 0 amide bonds. The zero-order valence-corrected chi connectivity index (χ0v) is 27.7. The molecule has 1 heteroatoms. The number of furan rings is 1. The van der Waals surface area contributed by atoms with E-state index in [2.05, 4.69) is 182 Å². The molecule has 11 aromatic rings. The lowest BCUT2D eigenvalue weighted by Gasteiger charge is -2.18. The minimum Gasteiger partial charge on any atom is -0.455 e. The molecule has 0 unspecified atom stereocenters. The number of rotatable bonds is 3. The molecule has 0 fully saturated rings. The number of benzene rings is 10. The van der Waals surface area contributed by atoms with Gasteiger partial charge in [0.05, 0.1) is 0 Å². The molecule has 0 saturated heterocycles. The van der Waals surface area contributed by atoms with Crippen LogP contribution in [0.3, 0.4) is 0 Å².